The largest absolute Gasteiger partial charge is 0.439 e. The number of anilines is 3. The molecule has 0 saturated heterocycles. The number of carbonyl (C=O) groups is 2. The normalized spacial score (nSPS) is 14.5. The second-order valence-electron chi connectivity index (χ2n) is 10.5. The molecule has 2 heterocycles. The van der Waals surface area contributed by atoms with E-state index in [9.17, 15) is 9.59 Å². The Bertz CT molecular complexity index is 1660. The van der Waals surface area contributed by atoms with Gasteiger partial charge >= 0.3 is 0 Å². The van der Waals surface area contributed by atoms with E-state index >= 15 is 0 Å². The summed E-state index contributed by atoms with van der Waals surface area (Å²) in [7, 11) is -1.46. The SMILES string of the molecule is Cc1ccc2c(c1)Sc1cc(C=C3C(=O)c4c(Cl)ccc(Cl)c4C3=O)oc1N2c1ccc([Si](C)(C)C)cc1. The van der Waals surface area contributed by atoms with Crippen molar-refractivity contribution < 1.29 is 14.0 Å². The third-order valence-corrected chi connectivity index (χ3v) is 10.6. The minimum Gasteiger partial charge on any atom is -0.439 e. The molecule has 8 heteroatoms. The molecule has 1 aromatic heterocycles. The Balaban J connectivity index is 1.46. The van der Waals surface area contributed by atoms with E-state index in [1.165, 1.54) is 23.4 Å². The van der Waals surface area contributed by atoms with Crippen molar-refractivity contribution in [3.8, 4) is 0 Å². The van der Waals surface area contributed by atoms with E-state index in [0.29, 0.717) is 11.6 Å². The monoisotopic (exact) mass is 575 g/mol. The molecule has 0 fully saturated rings. The molecule has 0 amide bonds. The van der Waals surface area contributed by atoms with Gasteiger partial charge in [-0.3, -0.25) is 14.5 Å². The summed E-state index contributed by atoms with van der Waals surface area (Å²) < 4.78 is 6.34. The minimum absolute atomic E-state index is 0.00880. The van der Waals surface area contributed by atoms with Gasteiger partial charge in [-0.15, -0.1) is 0 Å². The third kappa shape index (κ3) is 4.07. The van der Waals surface area contributed by atoms with Gasteiger partial charge in [0.2, 0.25) is 5.88 Å². The van der Waals surface area contributed by atoms with E-state index in [0.717, 1.165) is 26.7 Å². The molecule has 0 bridgehead atoms. The van der Waals surface area contributed by atoms with Crippen LogP contribution in [0.15, 0.2) is 80.4 Å². The average molecular weight is 577 g/mol. The number of halogens is 2. The molecule has 1 aliphatic carbocycles. The molecule has 4 aromatic rings. The van der Waals surface area contributed by atoms with E-state index in [1.54, 1.807) is 11.8 Å². The van der Waals surface area contributed by atoms with Crippen molar-refractivity contribution in [2.45, 2.75) is 36.4 Å². The highest BCUT2D eigenvalue weighted by Crippen LogP contribution is 2.53. The average Bonchev–Trinajstić information content (AvgIpc) is 3.38. The lowest BCUT2D eigenvalue weighted by Gasteiger charge is -2.30. The fourth-order valence-corrected chi connectivity index (χ4v) is 7.60. The van der Waals surface area contributed by atoms with Crippen molar-refractivity contribution in [3.05, 3.63) is 98.7 Å². The van der Waals surface area contributed by atoms with Crippen LogP contribution in [0, 0.1) is 6.92 Å². The quantitative estimate of drug-likeness (QED) is 0.122. The molecule has 0 saturated carbocycles. The van der Waals surface area contributed by atoms with Gasteiger partial charge in [-0.2, -0.15) is 0 Å². The van der Waals surface area contributed by atoms with Gasteiger partial charge in [0.25, 0.3) is 0 Å². The fraction of sp³-hybridized carbons (Fsp3) is 0.133. The highest BCUT2D eigenvalue weighted by Gasteiger charge is 2.38. The summed E-state index contributed by atoms with van der Waals surface area (Å²) in [5.74, 6) is 0.160. The van der Waals surface area contributed by atoms with E-state index in [2.05, 4.69) is 73.9 Å². The zero-order valence-corrected chi connectivity index (χ0v) is 24.5. The van der Waals surface area contributed by atoms with E-state index < -0.39 is 19.6 Å². The molecule has 0 spiro atoms. The third-order valence-electron chi connectivity index (χ3n) is 6.80. The Labute approximate surface area is 236 Å². The lowest BCUT2D eigenvalue weighted by Crippen LogP contribution is -2.37. The highest BCUT2D eigenvalue weighted by atomic mass is 35.5. The number of allylic oxidation sites excluding steroid dienone is 1. The molecule has 0 N–H and O–H groups in total. The van der Waals surface area contributed by atoms with E-state index in [1.807, 2.05) is 6.07 Å². The van der Waals surface area contributed by atoms with Gasteiger partial charge in [-0.25, -0.2) is 0 Å². The van der Waals surface area contributed by atoms with Gasteiger partial charge in [-0.1, -0.05) is 78.0 Å². The predicted molar refractivity (Wildman–Crippen MR) is 158 cm³/mol. The smallest absolute Gasteiger partial charge is 0.219 e. The van der Waals surface area contributed by atoms with E-state index in [-0.39, 0.29) is 26.7 Å². The van der Waals surface area contributed by atoms with Crippen molar-refractivity contribution in [2.24, 2.45) is 0 Å². The summed E-state index contributed by atoms with van der Waals surface area (Å²) in [6.45, 7) is 9.05. The number of furan rings is 1. The number of benzene rings is 3. The summed E-state index contributed by atoms with van der Waals surface area (Å²) in [6, 6.07) is 19.9. The first-order valence-corrected chi connectivity index (χ1v) is 17.2. The molecule has 6 rings (SSSR count). The van der Waals surface area contributed by atoms with Crippen LogP contribution in [0.5, 0.6) is 0 Å². The van der Waals surface area contributed by atoms with Gasteiger partial charge in [0.05, 0.1) is 45.4 Å². The van der Waals surface area contributed by atoms with Crippen LogP contribution < -0.4 is 10.1 Å². The maximum Gasteiger partial charge on any atom is 0.219 e. The Kier molecular flexibility index (Phi) is 6.00. The molecule has 2 aliphatic rings. The number of fused-ring (bicyclic) bond motifs is 3. The molecule has 1 aliphatic heterocycles. The molecule has 3 aromatic carbocycles. The molecule has 38 heavy (non-hydrogen) atoms. The molecule has 0 radical (unpaired) electrons. The van der Waals surface area contributed by atoms with Crippen molar-refractivity contribution in [3.63, 3.8) is 0 Å². The summed E-state index contributed by atoms with van der Waals surface area (Å²) in [5, 5.41) is 1.79. The Morgan fingerprint density at radius 3 is 2.08 bits per heavy atom. The maximum absolute atomic E-state index is 13.2. The summed E-state index contributed by atoms with van der Waals surface area (Å²) in [4.78, 5) is 30.4. The van der Waals surface area contributed by atoms with Gasteiger partial charge in [0, 0.05) is 16.6 Å². The Hall–Kier alpha value is -3.03. The van der Waals surface area contributed by atoms with Crippen LogP contribution in [-0.2, 0) is 0 Å². The molecule has 0 unspecified atom stereocenters. The molecule has 4 nitrogen and oxygen atoms in total. The van der Waals surface area contributed by atoms with Crippen molar-refractivity contribution >= 4 is 83.1 Å². The molecule has 0 atom stereocenters. The standard InChI is InChI=1S/C30H23Cl2NO3SSi/c1-16-5-12-23-24(13-16)37-25-15-18(14-20-28(34)26-21(31)10-11-22(32)27(26)29(20)35)36-30(25)33(23)17-6-8-19(9-7-17)38(2,3)4/h5-15H,1-4H3. The van der Waals surface area contributed by atoms with Gasteiger partial charge in [0.1, 0.15) is 5.76 Å². The van der Waals surface area contributed by atoms with Crippen LogP contribution in [0.3, 0.4) is 0 Å². The predicted octanol–water partition coefficient (Wildman–Crippen LogP) is 8.84. The van der Waals surface area contributed by atoms with Crippen LogP contribution >= 0.6 is 35.0 Å². The number of ketones is 2. The fourth-order valence-electron chi connectivity index (χ4n) is 4.81. The summed E-state index contributed by atoms with van der Waals surface area (Å²) in [5.41, 5.74) is 3.44. The Morgan fingerprint density at radius 2 is 1.47 bits per heavy atom. The number of rotatable bonds is 3. The van der Waals surface area contributed by atoms with Crippen LogP contribution in [0.2, 0.25) is 29.7 Å². The maximum atomic E-state index is 13.2. The molecule has 190 valence electrons. The molecular formula is C30H23Cl2NO3SSi. The number of Topliss-reactive ketones (excluding diaryl/α,β-unsaturated/α-hetero) is 2. The zero-order valence-electron chi connectivity index (χ0n) is 21.2. The van der Waals surface area contributed by atoms with Crippen LogP contribution in [0.25, 0.3) is 6.08 Å². The van der Waals surface area contributed by atoms with Crippen LogP contribution in [0.4, 0.5) is 17.3 Å². The lowest BCUT2D eigenvalue weighted by atomic mass is 10.1. The van der Waals surface area contributed by atoms with Gasteiger partial charge < -0.3 is 4.42 Å². The number of hydrogen-bond acceptors (Lipinski definition) is 5. The second-order valence-corrected chi connectivity index (χ2v) is 17.5. The lowest BCUT2D eigenvalue weighted by molar-refractivity contribution is 0.0990. The first-order chi connectivity index (χ1) is 18.0. The van der Waals surface area contributed by atoms with Crippen molar-refractivity contribution in [2.75, 3.05) is 4.90 Å². The number of hydrogen-bond donors (Lipinski definition) is 0. The number of carbonyl (C=O) groups excluding carboxylic acids is 2. The minimum atomic E-state index is -1.46. The van der Waals surface area contributed by atoms with Crippen LogP contribution in [-0.4, -0.2) is 19.6 Å². The number of nitrogens with zero attached hydrogens (tertiary/aromatic N) is 1. The first kappa shape index (κ1) is 25.3. The summed E-state index contributed by atoms with van der Waals surface area (Å²) >= 11 is 14.1. The van der Waals surface area contributed by atoms with E-state index in [4.69, 9.17) is 27.6 Å². The van der Waals surface area contributed by atoms with Crippen LogP contribution in [0.1, 0.15) is 32.0 Å². The van der Waals surface area contributed by atoms with Gasteiger partial charge in [0.15, 0.2) is 11.6 Å². The van der Waals surface area contributed by atoms with Crippen molar-refractivity contribution in [1.82, 2.24) is 0 Å². The molecular weight excluding hydrogens is 553 g/mol. The van der Waals surface area contributed by atoms with Crippen molar-refractivity contribution in [1.29, 1.82) is 0 Å². The summed E-state index contributed by atoms with van der Waals surface area (Å²) in [6.07, 6.45) is 1.50. The first-order valence-electron chi connectivity index (χ1n) is 12.1. The Morgan fingerprint density at radius 1 is 0.842 bits per heavy atom. The topological polar surface area (TPSA) is 50.5 Å². The second kappa shape index (κ2) is 9.02. The number of aryl methyl sites for hydroxylation is 1. The highest BCUT2D eigenvalue weighted by molar-refractivity contribution is 7.99. The zero-order chi connectivity index (χ0) is 26.9. The van der Waals surface area contributed by atoms with Gasteiger partial charge in [-0.05, 0) is 55.0 Å².